The maximum absolute atomic E-state index is 10.6. The fourth-order valence-corrected chi connectivity index (χ4v) is 1.21. The minimum atomic E-state index is -0.762. The molecule has 0 radical (unpaired) electrons. The first kappa shape index (κ1) is 14.2. The highest BCUT2D eigenvalue weighted by molar-refractivity contribution is 5.85. The molecule has 86 valence electrons. The van der Waals surface area contributed by atoms with E-state index in [9.17, 15) is 15.2 Å². The van der Waals surface area contributed by atoms with E-state index in [-0.39, 0.29) is 35.8 Å². The third kappa shape index (κ3) is 3.08. The van der Waals surface area contributed by atoms with E-state index in [2.05, 4.69) is 0 Å². The molecule has 0 fully saturated rings. The molecule has 0 aromatic heterocycles. The molecule has 1 aromatic carbocycles. The molecule has 0 saturated carbocycles. The minimum absolute atomic E-state index is 0. The summed E-state index contributed by atoms with van der Waals surface area (Å²) in [6.45, 7) is 0. The number of nitrogens with zero attached hydrogens (tertiary/aromatic N) is 2. The topological polar surface area (TPSA) is 113 Å². The number of aromatic hydroxyl groups is 1. The summed E-state index contributed by atoms with van der Waals surface area (Å²) in [6.07, 6.45) is -0.0374. The first-order chi connectivity index (χ1) is 7.06. The zero-order chi connectivity index (χ0) is 11.4. The van der Waals surface area contributed by atoms with Crippen molar-refractivity contribution in [2.75, 3.05) is 0 Å². The number of nitrogens with two attached hydrogens (primary N) is 1. The second kappa shape index (κ2) is 5.90. The van der Waals surface area contributed by atoms with Crippen LogP contribution in [0, 0.1) is 21.4 Å². The molecule has 7 heteroatoms. The molecule has 0 aliphatic rings. The second-order valence-electron chi connectivity index (χ2n) is 2.97. The zero-order valence-corrected chi connectivity index (χ0v) is 8.98. The predicted molar refractivity (Wildman–Crippen MR) is 59.2 cm³/mol. The Hall–Kier alpha value is -1.84. The lowest BCUT2D eigenvalue weighted by Crippen LogP contribution is -2.11. The van der Waals surface area contributed by atoms with E-state index in [4.69, 9.17) is 11.0 Å². The fourth-order valence-electron chi connectivity index (χ4n) is 1.21. The Morgan fingerprint density at radius 1 is 1.62 bits per heavy atom. The lowest BCUT2D eigenvalue weighted by atomic mass is 10.0. The fraction of sp³-hybridized carbons (Fsp3) is 0.222. The summed E-state index contributed by atoms with van der Waals surface area (Å²) in [4.78, 5) is 10.0. The Labute approximate surface area is 97.9 Å². The van der Waals surface area contributed by atoms with Gasteiger partial charge in [0.25, 0.3) is 5.69 Å². The van der Waals surface area contributed by atoms with Gasteiger partial charge in [0.05, 0.1) is 23.0 Å². The van der Waals surface area contributed by atoms with Crippen molar-refractivity contribution in [3.8, 4) is 11.8 Å². The summed E-state index contributed by atoms with van der Waals surface area (Å²) >= 11 is 0. The van der Waals surface area contributed by atoms with Crippen LogP contribution in [0.1, 0.15) is 18.0 Å². The molecule has 1 rings (SSSR count). The SMILES string of the molecule is Cl.N#CC[C@H](N)c1cc(O)ccc1[N+](=O)[O-]. The number of nitriles is 1. The van der Waals surface area contributed by atoms with Gasteiger partial charge in [-0.15, -0.1) is 12.4 Å². The number of benzene rings is 1. The van der Waals surface area contributed by atoms with Gasteiger partial charge in [-0.05, 0) is 12.1 Å². The average molecular weight is 244 g/mol. The molecule has 0 amide bonds. The highest BCUT2D eigenvalue weighted by Crippen LogP contribution is 2.28. The Morgan fingerprint density at radius 3 is 2.75 bits per heavy atom. The highest BCUT2D eigenvalue weighted by Gasteiger charge is 2.19. The number of hydrogen-bond donors (Lipinski definition) is 2. The Morgan fingerprint density at radius 2 is 2.25 bits per heavy atom. The van der Waals surface area contributed by atoms with Crippen molar-refractivity contribution in [1.29, 1.82) is 5.26 Å². The first-order valence-corrected chi connectivity index (χ1v) is 4.16. The van der Waals surface area contributed by atoms with Crippen molar-refractivity contribution in [2.45, 2.75) is 12.5 Å². The van der Waals surface area contributed by atoms with Crippen LogP contribution in [0.5, 0.6) is 5.75 Å². The third-order valence-corrected chi connectivity index (χ3v) is 1.92. The molecule has 0 saturated heterocycles. The van der Waals surface area contributed by atoms with Crippen molar-refractivity contribution in [3.05, 3.63) is 33.9 Å². The second-order valence-corrected chi connectivity index (χ2v) is 2.97. The van der Waals surface area contributed by atoms with Crippen molar-refractivity contribution >= 4 is 18.1 Å². The van der Waals surface area contributed by atoms with E-state index in [0.717, 1.165) is 0 Å². The monoisotopic (exact) mass is 243 g/mol. The normalized spacial score (nSPS) is 11.0. The van der Waals surface area contributed by atoms with E-state index < -0.39 is 11.0 Å². The van der Waals surface area contributed by atoms with Crippen LogP contribution >= 0.6 is 12.4 Å². The van der Waals surface area contributed by atoms with Crippen LogP contribution in [0.25, 0.3) is 0 Å². The van der Waals surface area contributed by atoms with E-state index >= 15 is 0 Å². The number of nitro groups is 1. The van der Waals surface area contributed by atoms with E-state index in [1.807, 2.05) is 6.07 Å². The van der Waals surface area contributed by atoms with Gasteiger partial charge in [-0.2, -0.15) is 5.26 Å². The van der Waals surface area contributed by atoms with E-state index in [0.29, 0.717) is 0 Å². The number of nitro benzene ring substituents is 1. The number of rotatable bonds is 3. The molecule has 0 aliphatic heterocycles. The molecule has 1 aromatic rings. The van der Waals surface area contributed by atoms with Crippen LogP contribution in [-0.4, -0.2) is 10.0 Å². The van der Waals surface area contributed by atoms with E-state index in [1.165, 1.54) is 18.2 Å². The van der Waals surface area contributed by atoms with E-state index in [1.54, 1.807) is 0 Å². The van der Waals surface area contributed by atoms with Crippen LogP contribution in [0.3, 0.4) is 0 Å². The number of halogens is 1. The summed E-state index contributed by atoms with van der Waals surface area (Å²) in [5.41, 5.74) is 5.56. The van der Waals surface area contributed by atoms with Gasteiger partial charge in [-0.25, -0.2) is 0 Å². The molecular weight excluding hydrogens is 234 g/mol. The minimum Gasteiger partial charge on any atom is -0.508 e. The Bertz CT molecular complexity index is 430. The molecule has 3 N–H and O–H groups in total. The molecule has 0 spiro atoms. The molecule has 6 nitrogen and oxygen atoms in total. The summed E-state index contributed by atoms with van der Waals surface area (Å²) in [7, 11) is 0. The van der Waals surface area contributed by atoms with Crippen molar-refractivity contribution < 1.29 is 10.0 Å². The molecule has 1 atom stereocenters. The predicted octanol–water partition coefficient (Wildman–Crippen LogP) is 1.64. The van der Waals surface area contributed by atoms with Crippen molar-refractivity contribution in [1.82, 2.24) is 0 Å². The molecule has 0 bridgehead atoms. The average Bonchev–Trinajstić information content (AvgIpc) is 2.17. The maximum atomic E-state index is 10.6. The number of hydrogen-bond acceptors (Lipinski definition) is 5. The maximum Gasteiger partial charge on any atom is 0.274 e. The van der Waals surface area contributed by atoms with Crippen LogP contribution in [-0.2, 0) is 0 Å². The summed E-state index contributed by atoms with van der Waals surface area (Å²) in [5.74, 6) is -0.107. The zero-order valence-electron chi connectivity index (χ0n) is 8.16. The van der Waals surface area contributed by atoms with Gasteiger partial charge >= 0.3 is 0 Å². The molecular formula is C9H10ClN3O3. The number of phenolic OH excluding ortho intramolecular Hbond substituents is 1. The molecule has 0 aliphatic carbocycles. The van der Waals surface area contributed by atoms with Crippen LogP contribution in [0.15, 0.2) is 18.2 Å². The third-order valence-electron chi connectivity index (χ3n) is 1.92. The smallest absolute Gasteiger partial charge is 0.274 e. The standard InChI is InChI=1S/C9H9N3O3.ClH/c10-4-3-8(11)7-5-6(13)1-2-9(7)12(14)15;/h1-2,5,8,13H,3,11H2;1H/t8-;/m0./s1. The van der Waals surface area contributed by atoms with Crippen LogP contribution in [0.2, 0.25) is 0 Å². The molecule has 0 heterocycles. The lowest BCUT2D eigenvalue weighted by Gasteiger charge is -2.08. The molecule has 0 unspecified atom stereocenters. The van der Waals surface area contributed by atoms with Gasteiger partial charge in [-0.3, -0.25) is 10.1 Å². The van der Waals surface area contributed by atoms with Crippen molar-refractivity contribution in [3.63, 3.8) is 0 Å². The quantitative estimate of drug-likeness (QED) is 0.619. The van der Waals surface area contributed by atoms with Crippen LogP contribution in [0.4, 0.5) is 5.69 Å². The first-order valence-electron chi connectivity index (χ1n) is 4.16. The van der Waals surface area contributed by atoms with Gasteiger partial charge < -0.3 is 10.8 Å². The summed E-state index contributed by atoms with van der Waals surface area (Å²) in [5, 5.41) is 28.2. The van der Waals surface area contributed by atoms with Gasteiger partial charge in [0.15, 0.2) is 0 Å². The highest BCUT2D eigenvalue weighted by atomic mass is 35.5. The van der Waals surface area contributed by atoms with Crippen molar-refractivity contribution in [2.24, 2.45) is 5.73 Å². The van der Waals surface area contributed by atoms with Gasteiger partial charge in [0, 0.05) is 12.1 Å². The summed E-state index contributed by atoms with van der Waals surface area (Å²) < 4.78 is 0. The van der Waals surface area contributed by atoms with Gasteiger partial charge in [0.1, 0.15) is 5.75 Å². The Balaban J connectivity index is 0.00000225. The van der Waals surface area contributed by atoms with Gasteiger partial charge in [0.2, 0.25) is 0 Å². The molecule has 16 heavy (non-hydrogen) atoms. The lowest BCUT2D eigenvalue weighted by molar-refractivity contribution is -0.385. The summed E-state index contributed by atoms with van der Waals surface area (Å²) in [6, 6.07) is 4.65. The Kier molecular flexibility index (Phi) is 5.22. The van der Waals surface area contributed by atoms with Gasteiger partial charge in [-0.1, -0.05) is 0 Å². The largest absolute Gasteiger partial charge is 0.508 e. The van der Waals surface area contributed by atoms with Crippen LogP contribution < -0.4 is 5.73 Å². The number of phenols is 1.